The molecule has 0 spiro atoms. The van der Waals surface area contributed by atoms with Crippen molar-refractivity contribution in [2.75, 3.05) is 13.6 Å². The molecule has 2 aromatic rings. The summed E-state index contributed by atoms with van der Waals surface area (Å²) < 4.78 is 1.93. The Morgan fingerprint density at radius 2 is 2.26 bits per heavy atom. The third-order valence-corrected chi connectivity index (χ3v) is 3.27. The average Bonchev–Trinajstić information content (AvgIpc) is 2.89. The molecule has 0 radical (unpaired) electrons. The van der Waals surface area contributed by atoms with E-state index in [-0.39, 0.29) is 6.04 Å². The molecule has 0 amide bonds. The largest absolute Gasteiger partial charge is 0.329 e. The molecule has 2 N–H and O–H groups in total. The van der Waals surface area contributed by atoms with Crippen molar-refractivity contribution in [1.82, 2.24) is 19.7 Å². The van der Waals surface area contributed by atoms with Crippen molar-refractivity contribution in [1.29, 1.82) is 0 Å². The Morgan fingerprint density at radius 3 is 2.84 bits per heavy atom. The van der Waals surface area contributed by atoms with E-state index in [2.05, 4.69) is 41.2 Å². The van der Waals surface area contributed by atoms with Gasteiger partial charge in [-0.25, -0.2) is 0 Å². The Kier molecular flexibility index (Phi) is 4.65. The number of nitrogens with two attached hydrogens (primary N) is 1. The van der Waals surface area contributed by atoms with Gasteiger partial charge in [-0.1, -0.05) is 6.07 Å². The van der Waals surface area contributed by atoms with Gasteiger partial charge in [0.05, 0.1) is 12.2 Å². The van der Waals surface area contributed by atoms with Gasteiger partial charge in [0, 0.05) is 43.8 Å². The Labute approximate surface area is 114 Å². The van der Waals surface area contributed by atoms with Gasteiger partial charge >= 0.3 is 0 Å². The average molecular weight is 259 g/mol. The van der Waals surface area contributed by atoms with Crippen LogP contribution in [-0.2, 0) is 13.1 Å². The number of nitrogens with zero attached hydrogens (tertiary/aromatic N) is 4. The maximum atomic E-state index is 5.92. The zero-order valence-corrected chi connectivity index (χ0v) is 11.5. The summed E-state index contributed by atoms with van der Waals surface area (Å²) in [5.74, 6) is 0. The third kappa shape index (κ3) is 3.39. The van der Waals surface area contributed by atoms with Crippen molar-refractivity contribution in [2.45, 2.75) is 26.1 Å². The lowest BCUT2D eigenvalue weighted by atomic mass is 10.1. The minimum atomic E-state index is 0.181. The van der Waals surface area contributed by atoms with Crippen molar-refractivity contribution in [3.05, 3.63) is 48.0 Å². The van der Waals surface area contributed by atoms with Crippen LogP contribution in [0.3, 0.4) is 0 Å². The first-order valence-electron chi connectivity index (χ1n) is 6.56. The molecule has 0 saturated heterocycles. The number of aromatic nitrogens is 3. The maximum absolute atomic E-state index is 5.92. The molecule has 19 heavy (non-hydrogen) atoms. The van der Waals surface area contributed by atoms with Gasteiger partial charge < -0.3 is 5.73 Å². The normalized spacial score (nSPS) is 12.8. The van der Waals surface area contributed by atoms with Crippen LogP contribution in [0.1, 0.15) is 24.1 Å². The van der Waals surface area contributed by atoms with E-state index in [1.165, 1.54) is 5.56 Å². The van der Waals surface area contributed by atoms with Crippen LogP contribution in [0.5, 0.6) is 0 Å². The lowest BCUT2D eigenvalue weighted by Gasteiger charge is -2.26. The number of likely N-dealkylation sites (N-methyl/N-ethyl adjacent to an activating group) is 1. The summed E-state index contributed by atoms with van der Waals surface area (Å²) in [7, 11) is 2.08. The standard InChI is InChI=1S/C14H21N5/c1-3-19-11-13(9-17-19)14(7-15)18(2)10-12-5-4-6-16-8-12/h4-6,8-9,11,14H,3,7,10,15H2,1-2H3. The molecule has 2 rings (SSSR count). The van der Waals surface area contributed by atoms with Crippen LogP contribution in [0.15, 0.2) is 36.9 Å². The fourth-order valence-corrected chi connectivity index (χ4v) is 2.18. The van der Waals surface area contributed by atoms with Crippen molar-refractivity contribution < 1.29 is 0 Å². The zero-order valence-electron chi connectivity index (χ0n) is 11.5. The van der Waals surface area contributed by atoms with E-state index in [1.54, 1.807) is 6.20 Å². The van der Waals surface area contributed by atoms with Gasteiger partial charge in [0.25, 0.3) is 0 Å². The van der Waals surface area contributed by atoms with Crippen LogP contribution < -0.4 is 5.73 Å². The first-order valence-corrected chi connectivity index (χ1v) is 6.56. The van der Waals surface area contributed by atoms with Gasteiger partial charge in [-0.3, -0.25) is 14.6 Å². The van der Waals surface area contributed by atoms with Crippen molar-refractivity contribution in [2.24, 2.45) is 5.73 Å². The van der Waals surface area contributed by atoms with E-state index in [0.29, 0.717) is 6.54 Å². The SMILES string of the molecule is CCn1cc(C(CN)N(C)Cc2cccnc2)cn1. The Hall–Kier alpha value is -1.72. The van der Waals surface area contributed by atoms with E-state index >= 15 is 0 Å². The van der Waals surface area contributed by atoms with Gasteiger partial charge in [0.15, 0.2) is 0 Å². The van der Waals surface area contributed by atoms with Gasteiger partial charge in [0.1, 0.15) is 0 Å². The van der Waals surface area contributed by atoms with Crippen molar-refractivity contribution in [3.8, 4) is 0 Å². The van der Waals surface area contributed by atoms with Gasteiger partial charge in [-0.15, -0.1) is 0 Å². The topological polar surface area (TPSA) is 60.0 Å². The summed E-state index contributed by atoms with van der Waals surface area (Å²) >= 11 is 0. The molecular weight excluding hydrogens is 238 g/mol. The lowest BCUT2D eigenvalue weighted by molar-refractivity contribution is 0.241. The number of pyridine rings is 1. The fraction of sp³-hybridized carbons (Fsp3) is 0.429. The van der Waals surface area contributed by atoms with Crippen molar-refractivity contribution in [3.63, 3.8) is 0 Å². The quantitative estimate of drug-likeness (QED) is 0.852. The summed E-state index contributed by atoms with van der Waals surface area (Å²) in [5.41, 5.74) is 8.26. The summed E-state index contributed by atoms with van der Waals surface area (Å²) in [6.45, 7) is 4.36. The third-order valence-electron chi connectivity index (χ3n) is 3.27. The molecule has 5 heteroatoms. The Morgan fingerprint density at radius 1 is 1.42 bits per heavy atom. The molecule has 0 aliphatic heterocycles. The molecule has 0 aliphatic rings. The monoisotopic (exact) mass is 259 g/mol. The minimum absolute atomic E-state index is 0.181. The second-order valence-corrected chi connectivity index (χ2v) is 4.66. The lowest BCUT2D eigenvalue weighted by Crippen LogP contribution is -2.30. The number of hydrogen-bond acceptors (Lipinski definition) is 4. The molecule has 0 aromatic carbocycles. The van der Waals surface area contributed by atoms with Crippen LogP contribution in [-0.4, -0.2) is 33.3 Å². The maximum Gasteiger partial charge on any atom is 0.0538 e. The predicted molar refractivity (Wildman–Crippen MR) is 75.4 cm³/mol. The molecule has 1 unspecified atom stereocenters. The van der Waals surface area contributed by atoms with Gasteiger partial charge in [-0.05, 0) is 25.6 Å². The van der Waals surface area contributed by atoms with Gasteiger partial charge in [-0.2, -0.15) is 5.10 Å². The first kappa shape index (κ1) is 13.7. The van der Waals surface area contributed by atoms with Crippen molar-refractivity contribution >= 4 is 0 Å². The van der Waals surface area contributed by atoms with Crippen LogP contribution in [0.2, 0.25) is 0 Å². The highest BCUT2D eigenvalue weighted by Gasteiger charge is 2.17. The van der Waals surface area contributed by atoms with Crippen LogP contribution in [0, 0.1) is 0 Å². The second-order valence-electron chi connectivity index (χ2n) is 4.66. The highest BCUT2D eigenvalue weighted by molar-refractivity contribution is 5.13. The van der Waals surface area contributed by atoms with E-state index in [1.807, 2.05) is 23.1 Å². The summed E-state index contributed by atoms with van der Waals surface area (Å²) in [5, 5.41) is 4.32. The van der Waals surface area contributed by atoms with E-state index in [4.69, 9.17) is 5.73 Å². The highest BCUT2D eigenvalue weighted by atomic mass is 15.3. The molecule has 0 aliphatic carbocycles. The summed E-state index contributed by atoms with van der Waals surface area (Å²) in [6.07, 6.45) is 7.65. The molecular formula is C14H21N5. The zero-order chi connectivity index (χ0) is 13.7. The van der Waals surface area contributed by atoms with E-state index in [0.717, 1.165) is 18.7 Å². The smallest absolute Gasteiger partial charge is 0.0538 e. The minimum Gasteiger partial charge on any atom is -0.329 e. The van der Waals surface area contributed by atoms with Crippen LogP contribution in [0.4, 0.5) is 0 Å². The molecule has 2 aromatic heterocycles. The fourth-order valence-electron chi connectivity index (χ4n) is 2.18. The Bertz CT molecular complexity index is 494. The number of aryl methyl sites for hydroxylation is 1. The van der Waals surface area contributed by atoms with E-state index < -0.39 is 0 Å². The first-order chi connectivity index (χ1) is 9.24. The molecule has 0 bridgehead atoms. The molecule has 0 saturated carbocycles. The molecule has 2 heterocycles. The summed E-state index contributed by atoms with van der Waals surface area (Å²) in [6, 6.07) is 4.21. The van der Waals surface area contributed by atoms with Gasteiger partial charge in [0.2, 0.25) is 0 Å². The molecule has 102 valence electrons. The molecule has 5 nitrogen and oxygen atoms in total. The van der Waals surface area contributed by atoms with Crippen LogP contribution in [0.25, 0.3) is 0 Å². The second kappa shape index (κ2) is 6.45. The predicted octanol–water partition coefficient (Wildman–Crippen LogP) is 1.43. The summed E-state index contributed by atoms with van der Waals surface area (Å²) in [4.78, 5) is 6.37. The van der Waals surface area contributed by atoms with E-state index in [9.17, 15) is 0 Å². The Balaban J connectivity index is 2.08. The number of hydrogen-bond donors (Lipinski definition) is 1. The molecule has 0 fully saturated rings. The van der Waals surface area contributed by atoms with Crippen LogP contribution >= 0.6 is 0 Å². The number of rotatable bonds is 6. The molecule has 1 atom stereocenters. The highest BCUT2D eigenvalue weighted by Crippen LogP contribution is 2.19.